The molecule has 0 unspecified atom stereocenters. The summed E-state index contributed by atoms with van der Waals surface area (Å²) in [7, 11) is 0. The summed E-state index contributed by atoms with van der Waals surface area (Å²) < 4.78 is 39.9. The second kappa shape index (κ2) is 8.24. The van der Waals surface area contributed by atoms with Crippen LogP contribution in [0.25, 0.3) is 0 Å². The Hall–Kier alpha value is -1.87. The van der Waals surface area contributed by atoms with E-state index in [0.717, 1.165) is 24.3 Å². The minimum Gasteiger partial charge on any atom is -0.339 e. The first kappa shape index (κ1) is 20.9. The molecule has 1 amide bonds. The summed E-state index contributed by atoms with van der Waals surface area (Å²) in [6, 6.07) is 8.20. The number of piperazine rings is 1. The molecule has 3 rings (SSSR count). The first-order valence-electron chi connectivity index (χ1n) is 9.01. The van der Waals surface area contributed by atoms with E-state index in [1.807, 2.05) is 12.1 Å². The van der Waals surface area contributed by atoms with Crippen molar-refractivity contribution in [2.45, 2.75) is 33.1 Å². The Morgan fingerprint density at radius 3 is 2.36 bits per heavy atom. The van der Waals surface area contributed by atoms with Crippen LogP contribution in [0, 0.1) is 13.8 Å². The summed E-state index contributed by atoms with van der Waals surface area (Å²) in [5.41, 5.74) is 1.79. The number of nitrogens with zero attached hydrogens (tertiary/aromatic N) is 4. The van der Waals surface area contributed by atoms with Crippen molar-refractivity contribution in [3.8, 4) is 0 Å². The number of aryl methyl sites for hydroxylation is 1. The highest BCUT2D eigenvalue weighted by Crippen LogP contribution is 2.35. The van der Waals surface area contributed by atoms with Crippen molar-refractivity contribution in [1.29, 1.82) is 0 Å². The standard InChI is InChI=1S/C19H22BrF3N4O/c1-13-5-3-4-6-15(13)11-25-7-9-26(10-8-25)16(28)12-27-14(2)17(20)18(24-27)19(21,22)23/h3-6H,7-12H2,1-2H3. The summed E-state index contributed by atoms with van der Waals surface area (Å²) in [6.45, 7) is 6.80. The van der Waals surface area contributed by atoms with Gasteiger partial charge >= 0.3 is 6.18 Å². The number of carbonyl (C=O) groups is 1. The number of aromatic nitrogens is 2. The van der Waals surface area contributed by atoms with Crippen molar-refractivity contribution in [2.75, 3.05) is 26.2 Å². The Labute approximate surface area is 170 Å². The van der Waals surface area contributed by atoms with E-state index in [4.69, 9.17) is 0 Å². The SMILES string of the molecule is Cc1ccccc1CN1CCN(C(=O)Cn2nc(C(F)(F)F)c(Br)c2C)CC1. The first-order chi connectivity index (χ1) is 13.2. The van der Waals surface area contributed by atoms with Crippen molar-refractivity contribution >= 4 is 21.8 Å². The number of rotatable bonds is 4. The van der Waals surface area contributed by atoms with Gasteiger partial charge in [0, 0.05) is 32.7 Å². The van der Waals surface area contributed by atoms with E-state index < -0.39 is 11.9 Å². The fraction of sp³-hybridized carbons (Fsp3) is 0.474. The van der Waals surface area contributed by atoms with Gasteiger partial charge in [0.15, 0.2) is 5.69 Å². The lowest BCUT2D eigenvalue weighted by Gasteiger charge is -2.35. The molecule has 5 nitrogen and oxygen atoms in total. The molecule has 152 valence electrons. The molecule has 2 heterocycles. The van der Waals surface area contributed by atoms with Crippen LogP contribution in [0.15, 0.2) is 28.7 Å². The average Bonchev–Trinajstić information content (AvgIpc) is 2.93. The van der Waals surface area contributed by atoms with Gasteiger partial charge < -0.3 is 4.90 Å². The number of benzene rings is 1. The third-order valence-electron chi connectivity index (χ3n) is 5.07. The molecule has 1 aliphatic heterocycles. The lowest BCUT2D eigenvalue weighted by molar-refractivity contribution is -0.142. The van der Waals surface area contributed by atoms with Crippen LogP contribution in [0.5, 0.6) is 0 Å². The minimum atomic E-state index is -4.56. The van der Waals surface area contributed by atoms with Crippen LogP contribution >= 0.6 is 15.9 Å². The second-order valence-electron chi connectivity index (χ2n) is 6.99. The Morgan fingerprint density at radius 1 is 1.14 bits per heavy atom. The highest BCUT2D eigenvalue weighted by atomic mass is 79.9. The van der Waals surface area contributed by atoms with Crippen LogP contribution in [0.3, 0.4) is 0 Å². The molecule has 9 heteroatoms. The maximum atomic E-state index is 13.0. The quantitative estimate of drug-likeness (QED) is 0.702. The van der Waals surface area contributed by atoms with Gasteiger partial charge in [-0.3, -0.25) is 14.4 Å². The molecule has 0 atom stereocenters. The Morgan fingerprint density at radius 2 is 1.79 bits per heavy atom. The topological polar surface area (TPSA) is 41.4 Å². The minimum absolute atomic E-state index is 0.115. The van der Waals surface area contributed by atoms with Gasteiger partial charge in [0.05, 0.1) is 10.2 Å². The summed E-state index contributed by atoms with van der Waals surface area (Å²) in [4.78, 5) is 16.5. The summed E-state index contributed by atoms with van der Waals surface area (Å²) in [5, 5.41) is 3.58. The van der Waals surface area contributed by atoms with Crippen LogP contribution in [0.1, 0.15) is 22.5 Å². The predicted octanol–water partition coefficient (Wildman–Crippen LogP) is 3.63. The van der Waals surface area contributed by atoms with Crippen molar-refractivity contribution < 1.29 is 18.0 Å². The van der Waals surface area contributed by atoms with Crippen molar-refractivity contribution in [3.05, 3.63) is 51.3 Å². The molecule has 0 aliphatic carbocycles. The van der Waals surface area contributed by atoms with Crippen LogP contribution < -0.4 is 0 Å². The van der Waals surface area contributed by atoms with Gasteiger partial charge in [-0.05, 0) is 40.9 Å². The van der Waals surface area contributed by atoms with Crippen LogP contribution in [0.4, 0.5) is 13.2 Å². The van der Waals surface area contributed by atoms with E-state index in [1.54, 1.807) is 4.90 Å². The van der Waals surface area contributed by atoms with Crippen molar-refractivity contribution in [2.24, 2.45) is 0 Å². The number of hydrogen-bond acceptors (Lipinski definition) is 3. The highest BCUT2D eigenvalue weighted by Gasteiger charge is 2.38. The Bertz CT molecular complexity index is 857. The maximum absolute atomic E-state index is 13.0. The van der Waals surface area contributed by atoms with Gasteiger partial charge in [-0.15, -0.1) is 0 Å². The molecular weight excluding hydrogens is 437 g/mol. The summed E-state index contributed by atoms with van der Waals surface area (Å²) >= 11 is 2.93. The third kappa shape index (κ3) is 4.57. The molecule has 1 aromatic heterocycles. The predicted molar refractivity (Wildman–Crippen MR) is 103 cm³/mol. The van der Waals surface area contributed by atoms with Gasteiger partial charge in [0.1, 0.15) is 6.54 Å². The van der Waals surface area contributed by atoms with E-state index in [2.05, 4.69) is 45.0 Å². The molecular formula is C19H22BrF3N4O. The van der Waals surface area contributed by atoms with Crippen LogP contribution in [-0.2, 0) is 24.1 Å². The van der Waals surface area contributed by atoms with Crippen LogP contribution in [-0.4, -0.2) is 51.7 Å². The van der Waals surface area contributed by atoms with E-state index >= 15 is 0 Å². The lowest BCUT2D eigenvalue weighted by atomic mass is 10.1. The number of hydrogen-bond donors (Lipinski definition) is 0. The number of carbonyl (C=O) groups excluding carboxylic acids is 1. The smallest absolute Gasteiger partial charge is 0.339 e. The molecule has 0 radical (unpaired) electrons. The van der Waals surface area contributed by atoms with E-state index in [1.165, 1.54) is 18.1 Å². The number of amides is 1. The number of halogens is 4. The molecule has 0 N–H and O–H groups in total. The molecule has 1 aliphatic rings. The molecule has 0 saturated carbocycles. The van der Waals surface area contributed by atoms with E-state index in [0.29, 0.717) is 18.8 Å². The fourth-order valence-corrected chi connectivity index (χ4v) is 3.78. The normalized spacial score (nSPS) is 15.9. The van der Waals surface area contributed by atoms with Crippen molar-refractivity contribution in [3.63, 3.8) is 0 Å². The molecule has 0 spiro atoms. The Balaban J connectivity index is 1.58. The van der Waals surface area contributed by atoms with Gasteiger partial charge in [-0.25, -0.2) is 0 Å². The third-order valence-corrected chi connectivity index (χ3v) is 6.02. The van der Waals surface area contributed by atoms with Gasteiger partial charge in [0.2, 0.25) is 5.91 Å². The molecule has 1 fully saturated rings. The van der Waals surface area contributed by atoms with E-state index in [9.17, 15) is 18.0 Å². The Kier molecular flexibility index (Phi) is 6.14. The maximum Gasteiger partial charge on any atom is 0.436 e. The zero-order valence-electron chi connectivity index (χ0n) is 15.8. The average molecular weight is 459 g/mol. The van der Waals surface area contributed by atoms with Gasteiger partial charge in [-0.2, -0.15) is 18.3 Å². The molecule has 2 aromatic rings. The monoisotopic (exact) mass is 458 g/mol. The van der Waals surface area contributed by atoms with Gasteiger partial charge in [0.25, 0.3) is 0 Å². The highest BCUT2D eigenvalue weighted by molar-refractivity contribution is 9.10. The molecule has 28 heavy (non-hydrogen) atoms. The zero-order valence-corrected chi connectivity index (χ0v) is 17.3. The first-order valence-corrected chi connectivity index (χ1v) is 9.81. The summed E-state index contributed by atoms with van der Waals surface area (Å²) in [5.74, 6) is -0.220. The number of alkyl halides is 3. The van der Waals surface area contributed by atoms with Crippen molar-refractivity contribution in [1.82, 2.24) is 19.6 Å². The largest absolute Gasteiger partial charge is 0.436 e. The zero-order chi connectivity index (χ0) is 20.5. The van der Waals surface area contributed by atoms with Gasteiger partial charge in [-0.1, -0.05) is 24.3 Å². The van der Waals surface area contributed by atoms with E-state index in [-0.39, 0.29) is 16.9 Å². The molecule has 0 bridgehead atoms. The lowest BCUT2D eigenvalue weighted by Crippen LogP contribution is -2.49. The molecule has 1 saturated heterocycles. The second-order valence-corrected chi connectivity index (χ2v) is 7.78. The van der Waals surface area contributed by atoms with Crippen LogP contribution in [0.2, 0.25) is 0 Å². The summed E-state index contributed by atoms with van der Waals surface area (Å²) in [6.07, 6.45) is -4.56. The fourth-order valence-electron chi connectivity index (χ4n) is 3.27. The molecule has 1 aromatic carbocycles.